The molecule has 1 aromatic rings. The van der Waals surface area contributed by atoms with E-state index in [0.29, 0.717) is 17.9 Å². The molecule has 3 nitrogen and oxygen atoms in total. The molecule has 0 spiro atoms. The lowest BCUT2D eigenvalue weighted by molar-refractivity contribution is -0.183. The molecule has 1 aliphatic heterocycles. The summed E-state index contributed by atoms with van der Waals surface area (Å²) < 4.78 is 10.9. The van der Waals surface area contributed by atoms with Crippen molar-refractivity contribution in [1.29, 1.82) is 0 Å². The summed E-state index contributed by atoms with van der Waals surface area (Å²) in [5.41, 5.74) is 0.880. The lowest BCUT2D eigenvalue weighted by Crippen LogP contribution is -2.25. The van der Waals surface area contributed by atoms with Gasteiger partial charge in [-0.15, -0.1) is 0 Å². The van der Waals surface area contributed by atoms with Gasteiger partial charge in [-0.3, -0.25) is 0 Å². The van der Waals surface area contributed by atoms with E-state index in [1.165, 1.54) is 0 Å². The molecule has 1 heterocycles. The fraction of sp³-hybridized carbons (Fsp3) is 0.538. The highest BCUT2D eigenvalue weighted by Gasteiger charge is 2.16. The summed E-state index contributed by atoms with van der Waals surface area (Å²) in [5.74, 6) is 0. The van der Waals surface area contributed by atoms with Gasteiger partial charge in [0.15, 0.2) is 6.29 Å². The minimum absolute atomic E-state index is 0.161. The predicted molar refractivity (Wildman–Crippen MR) is 66.0 cm³/mol. The van der Waals surface area contributed by atoms with Crippen molar-refractivity contribution in [3.05, 3.63) is 34.9 Å². The van der Waals surface area contributed by atoms with Crippen molar-refractivity contribution in [1.82, 2.24) is 0 Å². The zero-order chi connectivity index (χ0) is 12.1. The number of hydrogen-bond acceptors (Lipinski definition) is 3. The number of benzene rings is 1. The van der Waals surface area contributed by atoms with Gasteiger partial charge in [-0.1, -0.05) is 23.7 Å². The maximum absolute atomic E-state index is 9.99. The van der Waals surface area contributed by atoms with Gasteiger partial charge in [-0.05, 0) is 30.5 Å². The molecule has 1 saturated heterocycles. The monoisotopic (exact) mass is 256 g/mol. The fourth-order valence-electron chi connectivity index (χ4n) is 1.85. The summed E-state index contributed by atoms with van der Waals surface area (Å²) in [6.07, 6.45) is 1.65. The van der Waals surface area contributed by atoms with E-state index in [2.05, 4.69) is 0 Å². The normalized spacial score (nSPS) is 19.2. The Morgan fingerprint density at radius 2 is 1.88 bits per heavy atom. The number of hydrogen-bond donors (Lipinski definition) is 1. The van der Waals surface area contributed by atoms with Crippen LogP contribution >= 0.6 is 11.6 Å². The number of halogens is 1. The molecule has 0 aromatic heterocycles. The average molecular weight is 257 g/mol. The number of aliphatic hydroxyl groups excluding tert-OH is 1. The van der Waals surface area contributed by atoms with Gasteiger partial charge >= 0.3 is 0 Å². The van der Waals surface area contributed by atoms with Gasteiger partial charge in [0.25, 0.3) is 0 Å². The summed E-state index contributed by atoms with van der Waals surface area (Å²) in [5, 5.41) is 10.7. The third kappa shape index (κ3) is 3.96. The van der Waals surface area contributed by atoms with Gasteiger partial charge in [0.2, 0.25) is 0 Å². The molecular formula is C13H17ClO3. The second-order valence-corrected chi connectivity index (χ2v) is 4.61. The topological polar surface area (TPSA) is 38.7 Å². The van der Waals surface area contributed by atoms with E-state index < -0.39 is 6.10 Å². The Hall–Kier alpha value is -0.610. The zero-order valence-corrected chi connectivity index (χ0v) is 10.4. The maximum atomic E-state index is 9.99. The third-order valence-electron chi connectivity index (χ3n) is 2.83. The van der Waals surface area contributed by atoms with Crippen LogP contribution in [-0.4, -0.2) is 24.6 Å². The number of rotatable bonds is 4. The van der Waals surface area contributed by atoms with E-state index in [1.54, 1.807) is 12.1 Å². The minimum atomic E-state index is -0.485. The van der Waals surface area contributed by atoms with Gasteiger partial charge in [0.1, 0.15) is 0 Å². The zero-order valence-electron chi connectivity index (χ0n) is 9.64. The Balaban J connectivity index is 1.80. The van der Waals surface area contributed by atoms with E-state index >= 15 is 0 Å². The van der Waals surface area contributed by atoms with Crippen molar-refractivity contribution in [2.45, 2.75) is 31.7 Å². The molecule has 1 fully saturated rings. The SMILES string of the molecule is OC(CCC1OCCCO1)c1ccc(Cl)cc1. The van der Waals surface area contributed by atoms with Crippen LogP contribution in [0.5, 0.6) is 0 Å². The number of aliphatic hydroxyl groups is 1. The molecule has 0 amide bonds. The first-order valence-corrected chi connectivity index (χ1v) is 6.30. The minimum Gasteiger partial charge on any atom is -0.388 e. The molecular weight excluding hydrogens is 240 g/mol. The van der Waals surface area contributed by atoms with Crippen molar-refractivity contribution >= 4 is 11.6 Å². The second-order valence-electron chi connectivity index (χ2n) is 4.17. The number of ether oxygens (including phenoxy) is 2. The highest BCUT2D eigenvalue weighted by molar-refractivity contribution is 6.30. The van der Waals surface area contributed by atoms with Crippen LogP contribution in [0.2, 0.25) is 5.02 Å². The van der Waals surface area contributed by atoms with Crippen LogP contribution in [0.25, 0.3) is 0 Å². The first kappa shape index (κ1) is 12.8. The molecule has 17 heavy (non-hydrogen) atoms. The average Bonchev–Trinajstić information content (AvgIpc) is 2.38. The van der Waals surface area contributed by atoms with Gasteiger partial charge in [0, 0.05) is 11.4 Å². The Labute approximate surface area is 106 Å². The van der Waals surface area contributed by atoms with Crippen molar-refractivity contribution in [2.75, 3.05) is 13.2 Å². The van der Waals surface area contributed by atoms with Crippen LogP contribution < -0.4 is 0 Å². The molecule has 1 unspecified atom stereocenters. The quantitative estimate of drug-likeness (QED) is 0.900. The largest absolute Gasteiger partial charge is 0.388 e. The molecule has 2 rings (SSSR count). The van der Waals surface area contributed by atoms with Crippen LogP contribution in [-0.2, 0) is 9.47 Å². The van der Waals surface area contributed by atoms with Crippen LogP contribution in [0.3, 0.4) is 0 Å². The van der Waals surface area contributed by atoms with Gasteiger partial charge in [-0.2, -0.15) is 0 Å². The van der Waals surface area contributed by atoms with Crippen LogP contribution in [0.1, 0.15) is 30.9 Å². The molecule has 94 valence electrons. The van der Waals surface area contributed by atoms with Crippen molar-refractivity contribution < 1.29 is 14.6 Å². The second kappa shape index (κ2) is 6.36. The van der Waals surface area contributed by atoms with E-state index in [9.17, 15) is 5.11 Å². The van der Waals surface area contributed by atoms with Crippen LogP contribution in [0.4, 0.5) is 0 Å². The maximum Gasteiger partial charge on any atom is 0.157 e. The highest BCUT2D eigenvalue weighted by Crippen LogP contribution is 2.22. The molecule has 1 atom stereocenters. The van der Waals surface area contributed by atoms with Crippen LogP contribution in [0, 0.1) is 0 Å². The standard InChI is InChI=1S/C13H17ClO3/c14-11-4-2-10(3-5-11)12(15)6-7-13-16-8-1-9-17-13/h2-5,12-13,15H,1,6-9H2. The van der Waals surface area contributed by atoms with Gasteiger partial charge in [0.05, 0.1) is 19.3 Å². The lowest BCUT2D eigenvalue weighted by atomic mass is 10.0. The smallest absolute Gasteiger partial charge is 0.157 e. The first-order chi connectivity index (χ1) is 8.25. The van der Waals surface area contributed by atoms with Gasteiger partial charge in [-0.25, -0.2) is 0 Å². The van der Waals surface area contributed by atoms with E-state index in [4.69, 9.17) is 21.1 Å². The lowest BCUT2D eigenvalue weighted by Gasteiger charge is -2.24. The van der Waals surface area contributed by atoms with Gasteiger partial charge < -0.3 is 14.6 Å². The summed E-state index contributed by atoms with van der Waals surface area (Å²) in [6, 6.07) is 7.26. The molecule has 1 aromatic carbocycles. The van der Waals surface area contributed by atoms with E-state index in [0.717, 1.165) is 25.2 Å². The highest BCUT2D eigenvalue weighted by atomic mass is 35.5. The Kier molecular flexibility index (Phi) is 4.80. The predicted octanol–water partition coefficient (Wildman–Crippen LogP) is 2.92. The molecule has 0 saturated carbocycles. The summed E-state index contributed by atoms with van der Waals surface area (Å²) >= 11 is 5.79. The fourth-order valence-corrected chi connectivity index (χ4v) is 1.97. The van der Waals surface area contributed by atoms with Crippen molar-refractivity contribution in [3.8, 4) is 0 Å². The van der Waals surface area contributed by atoms with Crippen molar-refractivity contribution in [2.24, 2.45) is 0 Å². The summed E-state index contributed by atoms with van der Waals surface area (Å²) in [4.78, 5) is 0. The summed E-state index contributed by atoms with van der Waals surface area (Å²) in [7, 11) is 0. The molecule has 0 bridgehead atoms. The molecule has 0 radical (unpaired) electrons. The molecule has 1 aliphatic rings. The molecule has 1 N–H and O–H groups in total. The Morgan fingerprint density at radius 1 is 1.24 bits per heavy atom. The third-order valence-corrected chi connectivity index (χ3v) is 3.08. The Bertz CT molecular complexity index is 333. The first-order valence-electron chi connectivity index (χ1n) is 5.92. The molecule has 4 heteroatoms. The van der Waals surface area contributed by atoms with E-state index in [1.807, 2.05) is 12.1 Å². The van der Waals surface area contributed by atoms with Crippen molar-refractivity contribution in [3.63, 3.8) is 0 Å². The van der Waals surface area contributed by atoms with Crippen LogP contribution in [0.15, 0.2) is 24.3 Å². The van der Waals surface area contributed by atoms with E-state index in [-0.39, 0.29) is 6.29 Å². The summed E-state index contributed by atoms with van der Waals surface area (Å²) in [6.45, 7) is 1.50. The molecule has 0 aliphatic carbocycles. The Morgan fingerprint density at radius 3 is 2.53 bits per heavy atom.